The van der Waals surface area contributed by atoms with E-state index in [9.17, 15) is 19.2 Å². The second-order valence-electron chi connectivity index (χ2n) is 5.29. The third kappa shape index (κ3) is 5.84. The first-order valence-electron chi connectivity index (χ1n) is 8.38. The molecule has 0 bridgehead atoms. The summed E-state index contributed by atoms with van der Waals surface area (Å²) in [5.41, 5.74) is 0.473. The quantitative estimate of drug-likeness (QED) is 0.559. The Morgan fingerprint density at radius 3 is 2.50 bits per heavy atom. The Bertz CT molecular complexity index is 841. The molecule has 0 spiro atoms. The fourth-order valence-corrected chi connectivity index (χ4v) is 2.08. The molecule has 0 aliphatic carbocycles. The lowest BCUT2D eigenvalue weighted by atomic mass is 10.2. The highest BCUT2D eigenvalue weighted by molar-refractivity contribution is 6.00. The van der Waals surface area contributed by atoms with E-state index in [1.165, 1.54) is 24.3 Å². The maximum absolute atomic E-state index is 12.5. The van der Waals surface area contributed by atoms with Crippen LogP contribution in [0.3, 0.4) is 0 Å². The molecular weight excluding hydrogens is 366 g/mol. The van der Waals surface area contributed by atoms with Crippen molar-refractivity contribution in [2.75, 3.05) is 18.5 Å². The van der Waals surface area contributed by atoms with Crippen molar-refractivity contribution in [1.82, 2.24) is 10.4 Å². The Kier molecular flexibility index (Phi) is 7.53. The number of rotatable bonds is 7. The molecule has 28 heavy (non-hydrogen) atoms. The summed E-state index contributed by atoms with van der Waals surface area (Å²) in [6.45, 7) is 1.52. The number of carbonyl (C=O) groups is 4. The van der Waals surface area contributed by atoms with Crippen LogP contribution in [0.4, 0.5) is 15.3 Å². The van der Waals surface area contributed by atoms with Gasteiger partial charge in [-0.1, -0.05) is 29.3 Å². The number of benzene rings is 2. The number of urea groups is 1. The van der Waals surface area contributed by atoms with E-state index in [2.05, 4.69) is 10.6 Å². The van der Waals surface area contributed by atoms with Gasteiger partial charge in [0.05, 0.1) is 13.2 Å². The van der Waals surface area contributed by atoms with Gasteiger partial charge >= 0.3 is 12.1 Å². The number of hydrogen-bond donors (Lipinski definition) is 2. The molecule has 146 valence electrons. The van der Waals surface area contributed by atoms with Crippen molar-refractivity contribution >= 4 is 30.0 Å². The number of nitrogens with zero attached hydrogens (tertiary/aromatic N) is 1. The predicted octanol–water partition coefficient (Wildman–Crippen LogP) is 2.60. The topological polar surface area (TPSA) is 114 Å². The molecule has 2 aromatic carbocycles. The largest absolute Gasteiger partial charge is 0.452 e. The number of hydrogen-bond acceptors (Lipinski definition) is 6. The number of nitrogens with one attached hydrogen (secondary N) is 2. The lowest BCUT2D eigenvalue weighted by Crippen LogP contribution is -2.42. The third-order valence-corrected chi connectivity index (χ3v) is 3.28. The molecule has 0 aliphatic heterocycles. The number of amides is 4. The highest BCUT2D eigenvalue weighted by Crippen LogP contribution is 2.15. The first-order valence-corrected chi connectivity index (χ1v) is 8.38. The normalized spacial score (nSPS) is 9.75. The summed E-state index contributed by atoms with van der Waals surface area (Å²) < 4.78 is 4.85. The zero-order chi connectivity index (χ0) is 20.4. The smallest absolute Gasteiger partial charge is 0.447 e. The second-order valence-corrected chi connectivity index (χ2v) is 5.29. The van der Waals surface area contributed by atoms with Gasteiger partial charge in [-0.25, -0.2) is 9.59 Å². The van der Waals surface area contributed by atoms with Crippen molar-refractivity contribution in [3.8, 4) is 5.75 Å². The van der Waals surface area contributed by atoms with E-state index in [1.54, 1.807) is 37.3 Å². The van der Waals surface area contributed by atoms with Crippen LogP contribution in [0.5, 0.6) is 5.75 Å². The minimum Gasteiger partial charge on any atom is -0.447 e. The zero-order valence-corrected chi connectivity index (χ0v) is 15.1. The van der Waals surface area contributed by atoms with E-state index < -0.39 is 18.0 Å². The van der Waals surface area contributed by atoms with E-state index >= 15 is 0 Å². The number of anilines is 1. The molecule has 0 saturated heterocycles. The zero-order valence-electron chi connectivity index (χ0n) is 15.1. The van der Waals surface area contributed by atoms with Crippen molar-refractivity contribution in [1.29, 1.82) is 0 Å². The van der Waals surface area contributed by atoms with Gasteiger partial charge < -0.3 is 25.0 Å². The predicted molar refractivity (Wildman–Crippen MR) is 99.8 cm³/mol. The first kappa shape index (κ1) is 20.4. The average Bonchev–Trinajstić information content (AvgIpc) is 2.71. The van der Waals surface area contributed by atoms with Gasteiger partial charge in [-0.05, 0) is 37.3 Å². The van der Waals surface area contributed by atoms with Crippen LogP contribution in [0.2, 0.25) is 0 Å². The number of hydroxylamine groups is 2. The Balaban J connectivity index is 2.15. The minimum absolute atomic E-state index is 0.0488. The van der Waals surface area contributed by atoms with Gasteiger partial charge in [-0.2, -0.15) is 0 Å². The maximum atomic E-state index is 12.5. The molecule has 0 aliphatic rings. The molecule has 0 atom stereocenters. The summed E-state index contributed by atoms with van der Waals surface area (Å²) in [6.07, 6.45) is -0.439. The highest BCUT2D eigenvalue weighted by atomic mass is 16.7. The van der Waals surface area contributed by atoms with Crippen LogP contribution in [0.25, 0.3) is 0 Å². The molecule has 4 amide bonds. The number of aldehydes is 1. The maximum Gasteiger partial charge on any atom is 0.452 e. The fourth-order valence-electron chi connectivity index (χ4n) is 2.08. The number of ether oxygens (including phenoxy) is 1. The molecule has 2 N–H and O–H groups in total. The van der Waals surface area contributed by atoms with Crippen LogP contribution in [0, 0.1) is 0 Å². The molecule has 9 nitrogen and oxygen atoms in total. The van der Waals surface area contributed by atoms with Gasteiger partial charge in [-0.3, -0.25) is 4.79 Å². The summed E-state index contributed by atoms with van der Waals surface area (Å²) in [5, 5.41) is 5.30. The van der Waals surface area contributed by atoms with E-state index in [0.717, 1.165) is 0 Å². The summed E-state index contributed by atoms with van der Waals surface area (Å²) in [7, 11) is 0. The number of para-hydroxylation sites is 1. The van der Waals surface area contributed by atoms with Crippen LogP contribution >= 0.6 is 0 Å². The van der Waals surface area contributed by atoms with Gasteiger partial charge in [0.1, 0.15) is 6.29 Å². The summed E-state index contributed by atoms with van der Waals surface area (Å²) in [5.74, 6) is -0.223. The Morgan fingerprint density at radius 1 is 1.07 bits per heavy atom. The molecule has 0 unspecified atom stereocenters. The van der Waals surface area contributed by atoms with Crippen LogP contribution in [0.1, 0.15) is 17.3 Å². The van der Waals surface area contributed by atoms with E-state index in [0.29, 0.717) is 11.3 Å². The third-order valence-electron chi connectivity index (χ3n) is 3.28. The van der Waals surface area contributed by atoms with Crippen LogP contribution in [0.15, 0.2) is 54.6 Å². The van der Waals surface area contributed by atoms with E-state index in [-0.39, 0.29) is 30.2 Å². The molecule has 9 heteroatoms. The van der Waals surface area contributed by atoms with Crippen molar-refractivity contribution in [3.63, 3.8) is 0 Å². The van der Waals surface area contributed by atoms with Crippen LogP contribution < -0.4 is 15.5 Å². The average molecular weight is 385 g/mol. The van der Waals surface area contributed by atoms with Crippen molar-refractivity contribution in [3.05, 3.63) is 60.2 Å². The lowest BCUT2D eigenvalue weighted by molar-refractivity contribution is -0.107. The summed E-state index contributed by atoms with van der Waals surface area (Å²) in [6, 6.07) is 13.3. The minimum atomic E-state index is -0.997. The summed E-state index contributed by atoms with van der Waals surface area (Å²) in [4.78, 5) is 52.2. The van der Waals surface area contributed by atoms with Gasteiger partial charge in [0.2, 0.25) is 0 Å². The van der Waals surface area contributed by atoms with Gasteiger partial charge in [0.15, 0.2) is 5.75 Å². The molecule has 0 aromatic heterocycles. The van der Waals surface area contributed by atoms with Crippen molar-refractivity contribution < 1.29 is 28.8 Å². The van der Waals surface area contributed by atoms with Crippen molar-refractivity contribution in [2.24, 2.45) is 0 Å². The number of imide groups is 1. The monoisotopic (exact) mass is 385 g/mol. The first-order chi connectivity index (χ1) is 13.5. The molecule has 0 heterocycles. The highest BCUT2D eigenvalue weighted by Gasteiger charge is 2.26. The van der Waals surface area contributed by atoms with Gasteiger partial charge in [-0.15, -0.1) is 0 Å². The summed E-state index contributed by atoms with van der Waals surface area (Å²) >= 11 is 0. The van der Waals surface area contributed by atoms with Crippen molar-refractivity contribution in [2.45, 2.75) is 6.92 Å². The Hall–Kier alpha value is -3.88. The van der Waals surface area contributed by atoms with Gasteiger partial charge in [0.25, 0.3) is 5.91 Å². The lowest BCUT2D eigenvalue weighted by Gasteiger charge is -2.20. The van der Waals surface area contributed by atoms with Crippen LogP contribution in [-0.4, -0.2) is 42.5 Å². The molecule has 0 radical (unpaired) electrons. The SMILES string of the molecule is CCOC(=O)N(Oc1ccccc1)C(=O)Nc1cccc(C(=O)NCC=O)c1. The number of carbonyl (C=O) groups excluding carboxylic acids is 4. The Morgan fingerprint density at radius 2 is 1.82 bits per heavy atom. The molecular formula is C19H19N3O6. The van der Waals surface area contributed by atoms with Gasteiger partial charge in [0, 0.05) is 11.3 Å². The second kappa shape index (κ2) is 10.3. The standard InChI is InChI=1S/C19H19N3O6/c1-2-27-19(26)22(28-16-9-4-3-5-10-16)18(25)21-15-8-6-7-14(13-15)17(24)20-11-12-23/h3-10,12-13H,2,11H2,1H3,(H,20,24)(H,21,25). The Labute approximate surface area is 161 Å². The van der Waals surface area contributed by atoms with E-state index in [4.69, 9.17) is 9.57 Å². The van der Waals surface area contributed by atoms with Crippen LogP contribution in [-0.2, 0) is 9.53 Å². The molecule has 2 aromatic rings. The molecule has 2 rings (SSSR count). The molecule has 0 saturated carbocycles. The molecule has 0 fully saturated rings. The van der Waals surface area contributed by atoms with E-state index in [1.807, 2.05) is 0 Å². The fraction of sp³-hybridized carbons (Fsp3) is 0.158.